The summed E-state index contributed by atoms with van der Waals surface area (Å²) in [7, 11) is 0. The number of para-hydroxylation sites is 1. The van der Waals surface area contributed by atoms with Crippen molar-refractivity contribution in [2.24, 2.45) is 0 Å². The van der Waals surface area contributed by atoms with Crippen LogP contribution >= 0.6 is 0 Å². The van der Waals surface area contributed by atoms with E-state index in [2.05, 4.69) is 4.74 Å². The second-order valence-electron chi connectivity index (χ2n) is 2.33. The summed E-state index contributed by atoms with van der Waals surface area (Å²) >= 11 is 0. The van der Waals surface area contributed by atoms with Crippen molar-refractivity contribution in [3.63, 3.8) is 0 Å². The largest absolute Gasteiger partial charge is 0.454 e. The van der Waals surface area contributed by atoms with Crippen molar-refractivity contribution >= 4 is 5.97 Å². The van der Waals surface area contributed by atoms with E-state index in [9.17, 15) is 9.18 Å². The fraction of sp³-hybridized carbons (Fsp3) is 0.222. The highest BCUT2D eigenvalue weighted by atomic mass is 19.1. The lowest BCUT2D eigenvalue weighted by atomic mass is 10.3. The first-order chi connectivity index (χ1) is 6.20. The van der Waals surface area contributed by atoms with Gasteiger partial charge in [0.1, 0.15) is 0 Å². The first kappa shape index (κ1) is 9.51. The standard InChI is InChI=1S/C9H9FO3/c1-7(11)12-6-13-9-5-3-2-4-8(9)10/h2-5H,6H2,1H3. The molecule has 0 spiro atoms. The number of hydrogen-bond donors (Lipinski definition) is 0. The molecule has 0 aliphatic carbocycles. The van der Waals surface area contributed by atoms with Crippen molar-refractivity contribution in [1.29, 1.82) is 0 Å². The van der Waals surface area contributed by atoms with Crippen molar-refractivity contribution < 1.29 is 18.7 Å². The lowest BCUT2D eigenvalue weighted by Crippen LogP contribution is -2.07. The predicted octanol–water partition coefficient (Wildman–Crippen LogP) is 1.73. The van der Waals surface area contributed by atoms with Crippen LogP contribution in [0.25, 0.3) is 0 Å². The zero-order valence-electron chi connectivity index (χ0n) is 7.12. The Morgan fingerprint density at radius 2 is 2.15 bits per heavy atom. The SMILES string of the molecule is CC(=O)OCOc1ccccc1F. The number of halogens is 1. The van der Waals surface area contributed by atoms with Gasteiger partial charge in [0.25, 0.3) is 0 Å². The lowest BCUT2D eigenvalue weighted by molar-refractivity contribution is -0.147. The normalized spacial score (nSPS) is 9.38. The van der Waals surface area contributed by atoms with Crippen LogP contribution in [-0.2, 0) is 9.53 Å². The Kier molecular flexibility index (Phi) is 3.25. The minimum atomic E-state index is -0.477. The number of benzene rings is 1. The van der Waals surface area contributed by atoms with Gasteiger partial charge in [-0.05, 0) is 12.1 Å². The highest BCUT2D eigenvalue weighted by Crippen LogP contribution is 2.14. The van der Waals surface area contributed by atoms with Gasteiger partial charge in [-0.15, -0.1) is 0 Å². The maximum atomic E-state index is 12.8. The van der Waals surface area contributed by atoms with E-state index in [-0.39, 0.29) is 12.5 Å². The van der Waals surface area contributed by atoms with Gasteiger partial charge in [0.2, 0.25) is 6.79 Å². The second kappa shape index (κ2) is 4.45. The summed E-state index contributed by atoms with van der Waals surface area (Å²) in [6.45, 7) is 0.987. The van der Waals surface area contributed by atoms with Gasteiger partial charge >= 0.3 is 5.97 Å². The Balaban J connectivity index is 2.45. The van der Waals surface area contributed by atoms with Crippen LogP contribution < -0.4 is 4.74 Å². The van der Waals surface area contributed by atoms with Gasteiger partial charge in [0.15, 0.2) is 11.6 Å². The second-order valence-corrected chi connectivity index (χ2v) is 2.33. The Morgan fingerprint density at radius 1 is 1.46 bits per heavy atom. The minimum absolute atomic E-state index is 0.0729. The molecule has 0 saturated carbocycles. The molecular weight excluding hydrogens is 175 g/mol. The fourth-order valence-corrected chi connectivity index (χ4v) is 0.738. The van der Waals surface area contributed by atoms with Crippen LogP contribution in [0.4, 0.5) is 4.39 Å². The van der Waals surface area contributed by atoms with E-state index in [1.54, 1.807) is 12.1 Å². The van der Waals surface area contributed by atoms with Crippen LogP contribution in [-0.4, -0.2) is 12.8 Å². The quantitative estimate of drug-likeness (QED) is 0.530. The van der Waals surface area contributed by atoms with Crippen LogP contribution in [0.1, 0.15) is 6.92 Å². The molecule has 3 nitrogen and oxygen atoms in total. The van der Waals surface area contributed by atoms with Gasteiger partial charge in [-0.2, -0.15) is 0 Å². The molecule has 0 heterocycles. The molecule has 0 aromatic heterocycles. The summed E-state index contributed by atoms with van der Waals surface area (Å²) in [6, 6.07) is 5.90. The molecule has 0 bridgehead atoms. The summed E-state index contributed by atoms with van der Waals surface area (Å²) in [4.78, 5) is 10.3. The maximum Gasteiger partial charge on any atom is 0.305 e. The highest BCUT2D eigenvalue weighted by Gasteiger charge is 2.01. The van der Waals surface area contributed by atoms with E-state index in [1.165, 1.54) is 19.1 Å². The molecule has 0 aliphatic rings. The van der Waals surface area contributed by atoms with E-state index in [0.717, 1.165) is 0 Å². The van der Waals surface area contributed by atoms with Crippen molar-refractivity contribution in [3.05, 3.63) is 30.1 Å². The predicted molar refractivity (Wildman–Crippen MR) is 43.7 cm³/mol. The van der Waals surface area contributed by atoms with E-state index < -0.39 is 11.8 Å². The third-order valence-corrected chi connectivity index (χ3v) is 1.31. The van der Waals surface area contributed by atoms with Crippen LogP contribution in [0.15, 0.2) is 24.3 Å². The van der Waals surface area contributed by atoms with Crippen molar-refractivity contribution in [2.45, 2.75) is 6.92 Å². The number of carbonyl (C=O) groups is 1. The Hall–Kier alpha value is -1.58. The van der Waals surface area contributed by atoms with Gasteiger partial charge in [-0.3, -0.25) is 4.79 Å². The maximum absolute atomic E-state index is 12.8. The summed E-state index contributed by atoms with van der Waals surface area (Å²) in [5.74, 6) is -0.866. The monoisotopic (exact) mass is 184 g/mol. The molecule has 0 atom stereocenters. The van der Waals surface area contributed by atoms with Crippen molar-refractivity contribution in [2.75, 3.05) is 6.79 Å². The molecule has 0 aliphatic heterocycles. The van der Waals surface area contributed by atoms with E-state index >= 15 is 0 Å². The fourth-order valence-electron chi connectivity index (χ4n) is 0.738. The molecule has 0 unspecified atom stereocenters. The average Bonchev–Trinajstić information content (AvgIpc) is 2.08. The first-order valence-electron chi connectivity index (χ1n) is 3.71. The van der Waals surface area contributed by atoms with Crippen LogP contribution in [0, 0.1) is 5.82 Å². The smallest absolute Gasteiger partial charge is 0.305 e. The zero-order valence-corrected chi connectivity index (χ0v) is 7.12. The van der Waals surface area contributed by atoms with E-state index in [0.29, 0.717) is 0 Å². The first-order valence-corrected chi connectivity index (χ1v) is 3.71. The highest BCUT2D eigenvalue weighted by molar-refractivity contribution is 5.65. The Labute approximate surface area is 75.1 Å². The topological polar surface area (TPSA) is 35.5 Å². The van der Waals surface area contributed by atoms with Gasteiger partial charge in [0.05, 0.1) is 0 Å². The lowest BCUT2D eigenvalue weighted by Gasteiger charge is -2.05. The molecule has 0 saturated heterocycles. The van der Waals surface area contributed by atoms with Gasteiger partial charge in [-0.1, -0.05) is 12.1 Å². The van der Waals surface area contributed by atoms with Crippen molar-refractivity contribution in [1.82, 2.24) is 0 Å². The van der Waals surface area contributed by atoms with Crippen molar-refractivity contribution in [3.8, 4) is 5.75 Å². The molecule has 1 aromatic rings. The Morgan fingerprint density at radius 3 is 2.77 bits per heavy atom. The molecule has 0 amide bonds. The number of hydrogen-bond acceptors (Lipinski definition) is 3. The summed E-state index contributed by atoms with van der Waals surface area (Å²) in [5, 5.41) is 0. The number of rotatable bonds is 3. The number of carbonyl (C=O) groups excluding carboxylic acids is 1. The molecule has 1 aromatic carbocycles. The number of esters is 1. The van der Waals surface area contributed by atoms with Gasteiger partial charge in [0, 0.05) is 6.92 Å². The molecule has 1 rings (SSSR count). The zero-order chi connectivity index (χ0) is 9.68. The van der Waals surface area contributed by atoms with Gasteiger partial charge < -0.3 is 9.47 Å². The summed E-state index contributed by atoms with van der Waals surface area (Å²) in [5.41, 5.74) is 0. The molecule has 70 valence electrons. The summed E-state index contributed by atoms with van der Waals surface area (Å²) < 4.78 is 22.2. The molecule has 4 heteroatoms. The third kappa shape index (κ3) is 3.11. The van der Waals surface area contributed by atoms with Crippen LogP contribution in [0.3, 0.4) is 0 Å². The van der Waals surface area contributed by atoms with E-state index in [1.807, 2.05) is 0 Å². The minimum Gasteiger partial charge on any atom is -0.454 e. The van der Waals surface area contributed by atoms with E-state index in [4.69, 9.17) is 4.74 Å². The third-order valence-electron chi connectivity index (χ3n) is 1.31. The van der Waals surface area contributed by atoms with Gasteiger partial charge in [-0.25, -0.2) is 4.39 Å². The van der Waals surface area contributed by atoms with Crippen LogP contribution in [0.5, 0.6) is 5.75 Å². The molecular formula is C9H9FO3. The van der Waals surface area contributed by atoms with Crippen LogP contribution in [0.2, 0.25) is 0 Å². The molecule has 0 radical (unpaired) electrons. The molecule has 13 heavy (non-hydrogen) atoms. The molecule has 0 fully saturated rings. The Bertz CT molecular complexity index is 299. The number of ether oxygens (including phenoxy) is 2. The summed E-state index contributed by atoms with van der Waals surface area (Å²) in [6.07, 6.45) is 0. The molecule has 0 N–H and O–H groups in total. The average molecular weight is 184 g/mol.